The van der Waals surface area contributed by atoms with Gasteiger partial charge in [0.25, 0.3) is 0 Å². The lowest BCUT2D eigenvalue weighted by molar-refractivity contribution is 0.00445. The van der Waals surface area contributed by atoms with Gasteiger partial charge in [0.05, 0.1) is 17.2 Å². The minimum atomic E-state index is -1.15. The van der Waals surface area contributed by atoms with Crippen LogP contribution in [0.5, 0.6) is 0 Å². The van der Waals surface area contributed by atoms with E-state index in [1.807, 2.05) is 0 Å². The summed E-state index contributed by atoms with van der Waals surface area (Å²) >= 11 is 0. The first kappa shape index (κ1) is 19.4. The molecule has 0 unspecified atom stereocenters. The molecule has 0 saturated heterocycles. The summed E-state index contributed by atoms with van der Waals surface area (Å²) in [5.41, 5.74) is 0.971. The summed E-state index contributed by atoms with van der Waals surface area (Å²) < 4.78 is 5.50. The van der Waals surface area contributed by atoms with Gasteiger partial charge >= 0.3 is 11.9 Å². The predicted octanol–water partition coefficient (Wildman–Crippen LogP) is 0.915. The highest BCUT2D eigenvalue weighted by atomic mass is 16.5. The number of carboxylic acid groups (broad SMARTS) is 1. The highest BCUT2D eigenvalue weighted by Crippen LogP contribution is 2.26. The minimum absolute atomic E-state index is 0.00911. The number of carboxylic acids is 1. The summed E-state index contributed by atoms with van der Waals surface area (Å²) in [5, 5.41) is 37.4. The van der Waals surface area contributed by atoms with Crippen LogP contribution in [-0.4, -0.2) is 57.8 Å². The van der Waals surface area contributed by atoms with Gasteiger partial charge in [-0.3, -0.25) is 0 Å². The number of carbonyl (C=O) groups is 2. The van der Waals surface area contributed by atoms with Crippen LogP contribution >= 0.6 is 0 Å². The zero-order chi connectivity index (χ0) is 18.4. The summed E-state index contributed by atoms with van der Waals surface area (Å²) in [5.74, 6) is -1.72. The molecule has 0 aromatic heterocycles. The smallest absolute Gasteiger partial charge is 0.338 e. The van der Waals surface area contributed by atoms with Crippen molar-refractivity contribution in [3.05, 3.63) is 34.4 Å². The van der Waals surface area contributed by atoms with Crippen molar-refractivity contribution in [2.24, 2.45) is 0 Å². The van der Waals surface area contributed by atoms with E-state index >= 15 is 0 Å². The Kier molecular flexibility index (Phi) is 6.92. The number of rotatable bonds is 7. The molecule has 0 spiro atoms. The monoisotopic (exact) mass is 352 g/mol. The first-order valence-electron chi connectivity index (χ1n) is 8.46. The molecule has 0 heterocycles. The number of aromatic carboxylic acids is 1. The van der Waals surface area contributed by atoms with Crippen LogP contribution in [0.3, 0.4) is 0 Å². The summed E-state index contributed by atoms with van der Waals surface area (Å²) in [6.45, 7) is -0.519. The molecule has 1 aromatic carbocycles. The van der Waals surface area contributed by atoms with E-state index in [0.717, 1.165) is 0 Å². The van der Waals surface area contributed by atoms with E-state index in [2.05, 4.69) is 0 Å². The number of aliphatic hydroxyl groups excluding tert-OH is 3. The van der Waals surface area contributed by atoms with Crippen LogP contribution in [0.2, 0.25) is 0 Å². The molecule has 0 radical (unpaired) electrons. The Balaban J connectivity index is 2.30. The molecule has 1 aliphatic rings. The Morgan fingerprint density at radius 1 is 0.960 bits per heavy atom. The van der Waals surface area contributed by atoms with Gasteiger partial charge in [0.15, 0.2) is 0 Å². The number of aliphatic hydroxyl groups is 3. The van der Waals surface area contributed by atoms with E-state index < -0.39 is 11.9 Å². The topological polar surface area (TPSA) is 124 Å². The summed E-state index contributed by atoms with van der Waals surface area (Å²) in [7, 11) is 0. The van der Waals surface area contributed by atoms with Crippen molar-refractivity contribution in [1.82, 2.24) is 0 Å². The molecule has 0 amide bonds. The predicted molar refractivity (Wildman–Crippen MR) is 88.7 cm³/mol. The Morgan fingerprint density at radius 3 is 2.00 bits per heavy atom. The maximum absolute atomic E-state index is 12.6. The number of esters is 1. The lowest BCUT2D eigenvalue weighted by Crippen LogP contribution is -2.27. The number of benzene rings is 1. The summed E-state index contributed by atoms with van der Waals surface area (Å²) in [4.78, 5) is 23.9. The van der Waals surface area contributed by atoms with Crippen molar-refractivity contribution in [2.75, 3.05) is 13.2 Å². The van der Waals surface area contributed by atoms with Crippen molar-refractivity contribution in [3.63, 3.8) is 0 Å². The molecular weight excluding hydrogens is 328 g/mol. The Morgan fingerprint density at radius 2 is 1.48 bits per heavy atom. The van der Waals surface area contributed by atoms with E-state index in [0.29, 0.717) is 36.8 Å². The van der Waals surface area contributed by atoms with Crippen molar-refractivity contribution in [3.8, 4) is 0 Å². The van der Waals surface area contributed by atoms with E-state index in [-0.39, 0.29) is 49.4 Å². The molecule has 7 nitrogen and oxygen atoms in total. The summed E-state index contributed by atoms with van der Waals surface area (Å²) in [6.07, 6.45) is 1.87. The maximum Gasteiger partial charge on any atom is 0.338 e. The molecule has 1 aromatic rings. The third kappa shape index (κ3) is 4.78. The standard InChI is InChI=1S/C18H24O7/c19-9-7-13-14(8-10-20)16(6-5-15(13)17(22)23)18(24)25-12-3-1-11(21)2-4-12/h5-6,11-12,19-21H,1-4,7-10H2,(H,22,23). The fourth-order valence-corrected chi connectivity index (χ4v) is 3.26. The minimum Gasteiger partial charge on any atom is -0.478 e. The third-order valence-electron chi connectivity index (χ3n) is 4.52. The second-order valence-electron chi connectivity index (χ2n) is 6.21. The fraction of sp³-hybridized carbons (Fsp3) is 0.556. The second-order valence-corrected chi connectivity index (χ2v) is 6.21. The molecule has 4 N–H and O–H groups in total. The lowest BCUT2D eigenvalue weighted by Gasteiger charge is -2.26. The maximum atomic E-state index is 12.6. The number of ether oxygens (including phenoxy) is 1. The van der Waals surface area contributed by atoms with Crippen molar-refractivity contribution < 1.29 is 34.8 Å². The molecule has 2 rings (SSSR count). The molecule has 1 fully saturated rings. The van der Waals surface area contributed by atoms with Crippen LogP contribution in [-0.2, 0) is 17.6 Å². The van der Waals surface area contributed by atoms with Gasteiger partial charge in [0, 0.05) is 13.2 Å². The molecule has 138 valence electrons. The fourth-order valence-electron chi connectivity index (χ4n) is 3.26. The Bertz CT molecular complexity index is 618. The van der Waals surface area contributed by atoms with Gasteiger partial charge in [0.1, 0.15) is 6.10 Å². The third-order valence-corrected chi connectivity index (χ3v) is 4.52. The van der Waals surface area contributed by atoms with E-state index in [9.17, 15) is 30.0 Å². The molecule has 0 atom stereocenters. The lowest BCUT2D eigenvalue weighted by atomic mass is 9.91. The van der Waals surface area contributed by atoms with Gasteiger partial charge < -0.3 is 25.2 Å². The molecule has 0 bridgehead atoms. The van der Waals surface area contributed by atoms with Gasteiger partial charge in [-0.15, -0.1) is 0 Å². The van der Waals surface area contributed by atoms with Gasteiger partial charge in [-0.25, -0.2) is 9.59 Å². The average molecular weight is 352 g/mol. The number of carbonyl (C=O) groups excluding carboxylic acids is 1. The molecule has 1 aliphatic carbocycles. The SMILES string of the molecule is O=C(O)c1ccc(C(=O)OC2CCC(O)CC2)c(CCO)c1CCO. The normalized spacial score (nSPS) is 20.3. The van der Waals surface area contributed by atoms with Crippen LogP contribution < -0.4 is 0 Å². The molecule has 25 heavy (non-hydrogen) atoms. The number of hydrogen-bond acceptors (Lipinski definition) is 6. The zero-order valence-electron chi connectivity index (χ0n) is 14.0. The largest absolute Gasteiger partial charge is 0.478 e. The van der Waals surface area contributed by atoms with Crippen LogP contribution in [0.25, 0.3) is 0 Å². The highest BCUT2D eigenvalue weighted by molar-refractivity contribution is 5.96. The quantitative estimate of drug-likeness (QED) is 0.538. The van der Waals surface area contributed by atoms with Crippen LogP contribution in [0.1, 0.15) is 57.5 Å². The second kappa shape index (κ2) is 8.94. The summed E-state index contributed by atoms with van der Waals surface area (Å²) in [6, 6.07) is 2.73. The van der Waals surface area contributed by atoms with Crippen molar-refractivity contribution in [2.45, 2.75) is 50.7 Å². The first-order chi connectivity index (χ1) is 12.0. The van der Waals surface area contributed by atoms with E-state index in [1.54, 1.807) is 0 Å². The van der Waals surface area contributed by atoms with Crippen molar-refractivity contribution in [1.29, 1.82) is 0 Å². The molecule has 7 heteroatoms. The van der Waals surface area contributed by atoms with Gasteiger partial charge in [-0.1, -0.05) is 0 Å². The molecule has 1 saturated carbocycles. The Labute approximate surface area is 145 Å². The first-order valence-corrected chi connectivity index (χ1v) is 8.46. The van der Waals surface area contributed by atoms with Crippen LogP contribution in [0, 0.1) is 0 Å². The molecular formula is C18H24O7. The van der Waals surface area contributed by atoms with E-state index in [1.165, 1.54) is 12.1 Å². The Hall–Kier alpha value is -1.96. The van der Waals surface area contributed by atoms with Crippen LogP contribution in [0.4, 0.5) is 0 Å². The van der Waals surface area contributed by atoms with Gasteiger partial charge in [-0.05, 0) is 61.8 Å². The van der Waals surface area contributed by atoms with Crippen molar-refractivity contribution >= 4 is 11.9 Å². The van der Waals surface area contributed by atoms with Gasteiger partial charge in [-0.2, -0.15) is 0 Å². The number of hydrogen-bond donors (Lipinski definition) is 4. The van der Waals surface area contributed by atoms with Crippen LogP contribution in [0.15, 0.2) is 12.1 Å². The zero-order valence-corrected chi connectivity index (χ0v) is 14.0. The average Bonchev–Trinajstić information content (AvgIpc) is 2.58. The van der Waals surface area contributed by atoms with Gasteiger partial charge in [0.2, 0.25) is 0 Å². The molecule has 0 aliphatic heterocycles. The van der Waals surface area contributed by atoms with E-state index in [4.69, 9.17) is 4.74 Å². The highest BCUT2D eigenvalue weighted by Gasteiger charge is 2.26.